The van der Waals surface area contributed by atoms with Crippen LogP contribution in [0.5, 0.6) is 0 Å². The molecule has 0 saturated carbocycles. The van der Waals surface area contributed by atoms with E-state index in [4.69, 9.17) is 0 Å². The highest BCUT2D eigenvalue weighted by atomic mass is 32.2. The second kappa shape index (κ2) is 8.82. The van der Waals surface area contributed by atoms with Crippen LogP contribution in [0.4, 0.5) is 23.7 Å². The number of thioether (sulfide) groups is 1. The number of amidine groups is 1. The smallest absolute Gasteiger partial charge is 0.448 e. The Morgan fingerprint density at radius 1 is 1.32 bits per heavy atom. The number of hydrogen-bond acceptors (Lipinski definition) is 6. The van der Waals surface area contributed by atoms with Crippen LogP contribution in [-0.2, 0) is 14.3 Å². The Kier molecular flexibility index (Phi) is 6.94. The topological polar surface area (TPSA) is 80.2 Å². The summed E-state index contributed by atoms with van der Waals surface area (Å²) in [5.74, 6) is -1.76. The van der Waals surface area contributed by atoms with Gasteiger partial charge in [0.1, 0.15) is 0 Å². The molecule has 1 N–H and O–H groups in total. The summed E-state index contributed by atoms with van der Waals surface area (Å²) < 4.78 is 50.1. The molecule has 2 atom stereocenters. The van der Waals surface area contributed by atoms with Crippen LogP contribution < -0.4 is 10.2 Å². The summed E-state index contributed by atoms with van der Waals surface area (Å²) in [5.41, 5.74) is -3.36. The van der Waals surface area contributed by atoms with Crippen molar-refractivity contribution < 1.29 is 32.2 Å². The van der Waals surface area contributed by atoms with E-state index in [1.165, 1.54) is 30.8 Å². The van der Waals surface area contributed by atoms with E-state index in [1.54, 1.807) is 23.5 Å². The van der Waals surface area contributed by atoms with E-state index >= 15 is 0 Å². The molecular weight excluding hydrogens is 399 g/mol. The van der Waals surface area contributed by atoms with Crippen molar-refractivity contribution in [2.24, 2.45) is 4.99 Å². The molecule has 1 aromatic carbocycles. The van der Waals surface area contributed by atoms with Gasteiger partial charge in [-0.2, -0.15) is 13.2 Å². The first-order valence-electron chi connectivity index (χ1n) is 8.33. The summed E-state index contributed by atoms with van der Waals surface area (Å²) in [5, 5.41) is 1.93. The van der Waals surface area contributed by atoms with Gasteiger partial charge in [-0.25, -0.2) is 14.5 Å². The molecule has 7 nitrogen and oxygen atoms in total. The van der Waals surface area contributed by atoms with Gasteiger partial charge >= 0.3 is 23.9 Å². The Bertz CT molecular complexity index is 745. The zero-order valence-electron chi connectivity index (χ0n) is 15.4. The Labute approximate surface area is 164 Å². The van der Waals surface area contributed by atoms with Gasteiger partial charge in [-0.05, 0) is 19.1 Å². The number of alkyl halides is 3. The number of methoxy groups -OCH3 is 1. The van der Waals surface area contributed by atoms with Gasteiger partial charge in [0.2, 0.25) is 0 Å². The molecular formula is C17H20F3N3O4S. The number of nitrogens with one attached hydrogen (secondary N) is 1. The number of aliphatic imine (C=N–C) groups is 1. The van der Waals surface area contributed by atoms with Gasteiger partial charge in [0.05, 0.1) is 18.8 Å². The largest absolute Gasteiger partial charge is 0.462 e. The quantitative estimate of drug-likeness (QED) is 0.586. The number of carbonyl (C=O) groups is 2. The number of urea groups is 1. The monoisotopic (exact) mass is 419 g/mol. The van der Waals surface area contributed by atoms with Gasteiger partial charge in [-0.15, -0.1) is 0 Å². The molecule has 2 amide bonds. The molecule has 1 aliphatic rings. The van der Waals surface area contributed by atoms with Crippen molar-refractivity contribution in [1.29, 1.82) is 0 Å². The minimum Gasteiger partial charge on any atom is -0.462 e. The number of nitrogens with zero attached hydrogens (tertiary/aromatic N) is 2. The summed E-state index contributed by atoms with van der Waals surface area (Å²) >= 11 is 1.23. The average Bonchev–Trinajstić information content (AvgIpc) is 3.05. The molecule has 0 radical (unpaired) electrons. The Balaban J connectivity index is 2.43. The minimum atomic E-state index is -5.26. The molecule has 0 aromatic heterocycles. The lowest BCUT2D eigenvalue weighted by Gasteiger charge is -2.34. The number of para-hydroxylation sites is 1. The van der Waals surface area contributed by atoms with Crippen molar-refractivity contribution >= 4 is 34.6 Å². The number of carbonyl (C=O) groups excluding carboxylic acids is 2. The fourth-order valence-corrected chi connectivity index (χ4v) is 3.35. The molecule has 1 aromatic rings. The first kappa shape index (κ1) is 22.0. The minimum absolute atomic E-state index is 0.0499. The molecule has 0 saturated heterocycles. The maximum Gasteiger partial charge on any atom is 0.448 e. The van der Waals surface area contributed by atoms with Crippen molar-refractivity contribution in [2.75, 3.05) is 25.2 Å². The second-order valence-electron chi connectivity index (χ2n) is 5.76. The predicted octanol–water partition coefficient (Wildman–Crippen LogP) is 3.16. The fourth-order valence-electron chi connectivity index (χ4n) is 2.40. The summed E-state index contributed by atoms with van der Waals surface area (Å²) in [6.07, 6.45) is -5.26. The van der Waals surface area contributed by atoms with E-state index in [0.29, 0.717) is 13.7 Å². The molecule has 154 valence electrons. The highest BCUT2D eigenvalue weighted by Crippen LogP contribution is 2.34. The van der Waals surface area contributed by atoms with Crippen LogP contribution in [0, 0.1) is 0 Å². The Morgan fingerprint density at radius 2 is 1.96 bits per heavy atom. The number of benzene rings is 1. The normalized spacial score (nSPS) is 18.8. The van der Waals surface area contributed by atoms with Crippen LogP contribution >= 0.6 is 11.8 Å². The first-order valence-corrected chi connectivity index (χ1v) is 9.21. The third-order valence-electron chi connectivity index (χ3n) is 3.75. The second-order valence-corrected chi connectivity index (χ2v) is 7.16. The molecule has 2 unspecified atom stereocenters. The summed E-state index contributed by atoms with van der Waals surface area (Å²) in [7, 11) is 0.668. The zero-order valence-corrected chi connectivity index (χ0v) is 16.3. The number of rotatable bonds is 5. The highest BCUT2D eigenvalue weighted by molar-refractivity contribution is 8.15. The predicted molar refractivity (Wildman–Crippen MR) is 99.2 cm³/mol. The van der Waals surface area contributed by atoms with E-state index in [-0.39, 0.29) is 22.7 Å². The third kappa shape index (κ3) is 4.41. The van der Waals surface area contributed by atoms with Gasteiger partial charge in [0, 0.05) is 12.4 Å². The molecule has 11 heteroatoms. The summed E-state index contributed by atoms with van der Waals surface area (Å²) in [6, 6.07) is 6.80. The number of amides is 2. The van der Waals surface area contributed by atoms with E-state index < -0.39 is 23.9 Å². The molecule has 0 spiro atoms. The van der Waals surface area contributed by atoms with Crippen molar-refractivity contribution in [1.82, 2.24) is 5.32 Å². The molecule has 28 heavy (non-hydrogen) atoms. The molecule has 0 bridgehead atoms. The van der Waals surface area contributed by atoms with Crippen LogP contribution in [0.1, 0.15) is 13.8 Å². The number of halogens is 3. The van der Waals surface area contributed by atoms with Crippen molar-refractivity contribution in [3.63, 3.8) is 0 Å². The van der Waals surface area contributed by atoms with E-state index in [9.17, 15) is 22.8 Å². The SMILES string of the molecule is CCOC(=O)C(NC(=O)N(C1=NCC(C)S1)c1ccccc1)(OC)C(F)(F)F. The van der Waals surface area contributed by atoms with Crippen molar-refractivity contribution in [3.05, 3.63) is 30.3 Å². The highest BCUT2D eigenvalue weighted by Gasteiger charge is 2.65. The fraction of sp³-hybridized carbons (Fsp3) is 0.471. The maximum atomic E-state index is 13.7. The molecule has 1 heterocycles. The Hall–Kier alpha value is -2.27. The lowest BCUT2D eigenvalue weighted by Crippen LogP contribution is -2.68. The van der Waals surface area contributed by atoms with Crippen LogP contribution in [0.2, 0.25) is 0 Å². The van der Waals surface area contributed by atoms with Gasteiger partial charge in [0.15, 0.2) is 5.17 Å². The summed E-state index contributed by atoms with van der Waals surface area (Å²) in [4.78, 5) is 30.2. The van der Waals surface area contributed by atoms with Crippen molar-refractivity contribution in [2.45, 2.75) is 31.0 Å². The van der Waals surface area contributed by atoms with E-state index in [1.807, 2.05) is 6.92 Å². The van der Waals surface area contributed by atoms with Crippen LogP contribution in [0.25, 0.3) is 0 Å². The average molecular weight is 419 g/mol. The molecule has 1 aliphatic heterocycles. The van der Waals surface area contributed by atoms with Crippen LogP contribution in [-0.4, -0.2) is 54.6 Å². The zero-order chi connectivity index (χ0) is 20.9. The van der Waals surface area contributed by atoms with Gasteiger partial charge in [-0.1, -0.05) is 36.9 Å². The lowest BCUT2D eigenvalue weighted by atomic mass is 10.2. The van der Waals surface area contributed by atoms with Crippen molar-refractivity contribution in [3.8, 4) is 0 Å². The summed E-state index contributed by atoms with van der Waals surface area (Å²) in [6.45, 7) is 3.30. The lowest BCUT2D eigenvalue weighted by molar-refractivity contribution is -0.276. The van der Waals surface area contributed by atoms with E-state index in [0.717, 1.165) is 4.90 Å². The van der Waals surface area contributed by atoms with E-state index in [2.05, 4.69) is 14.5 Å². The standard InChI is InChI=1S/C17H20F3N3O4S/c1-4-27-13(24)16(26-3,17(18,19)20)22-14(25)23(12-8-6-5-7-9-12)15-21-10-11(2)28-15/h5-9,11H,4,10H2,1-3H3,(H,22,25). The van der Waals surface area contributed by atoms with Gasteiger partial charge in [-0.3, -0.25) is 10.3 Å². The molecule has 2 rings (SSSR count). The third-order valence-corrected chi connectivity index (χ3v) is 4.82. The number of esters is 1. The van der Waals surface area contributed by atoms with Crippen LogP contribution in [0.15, 0.2) is 35.3 Å². The van der Waals surface area contributed by atoms with Gasteiger partial charge in [0.25, 0.3) is 0 Å². The Morgan fingerprint density at radius 3 is 2.43 bits per heavy atom. The number of anilines is 1. The molecule has 0 aliphatic carbocycles. The first-order chi connectivity index (χ1) is 13.2. The maximum absolute atomic E-state index is 13.7. The van der Waals surface area contributed by atoms with Crippen LogP contribution in [0.3, 0.4) is 0 Å². The number of ether oxygens (including phenoxy) is 2. The number of hydrogen-bond donors (Lipinski definition) is 1. The molecule has 0 fully saturated rings. The van der Waals surface area contributed by atoms with Gasteiger partial charge < -0.3 is 9.47 Å².